The van der Waals surface area contributed by atoms with Gasteiger partial charge in [-0.05, 0) is 0 Å². The molecule has 0 bridgehead atoms. The molecule has 2 unspecified atom stereocenters. The summed E-state index contributed by atoms with van der Waals surface area (Å²) in [4.78, 5) is 0.971. The SMILES string of the molecule is COC(C[Se]c1ccccc1S(=O)C(C)(C)C)c1ccc2ccccc2c1. The van der Waals surface area contributed by atoms with Crippen molar-refractivity contribution in [2.75, 3.05) is 7.11 Å². The molecule has 0 aliphatic carbocycles. The molecule has 2 atom stereocenters. The Morgan fingerprint density at radius 2 is 1.63 bits per heavy atom. The summed E-state index contributed by atoms with van der Waals surface area (Å²) in [5.74, 6) is 0. The number of rotatable bonds is 6. The maximum absolute atomic E-state index is 12.9. The van der Waals surface area contributed by atoms with E-state index in [1.807, 2.05) is 39.0 Å². The number of fused-ring (bicyclic) bond motifs is 1. The van der Waals surface area contributed by atoms with E-state index in [9.17, 15) is 4.21 Å². The van der Waals surface area contributed by atoms with E-state index in [0.29, 0.717) is 0 Å². The van der Waals surface area contributed by atoms with Crippen LogP contribution in [0.1, 0.15) is 32.4 Å². The zero-order valence-corrected chi connectivity index (χ0v) is 18.8. The van der Waals surface area contributed by atoms with Crippen LogP contribution in [-0.4, -0.2) is 31.0 Å². The summed E-state index contributed by atoms with van der Waals surface area (Å²) in [7, 11) is 0.756. The molecule has 2 nitrogen and oxygen atoms in total. The molecule has 4 heteroatoms. The van der Waals surface area contributed by atoms with Gasteiger partial charge >= 0.3 is 171 Å². The van der Waals surface area contributed by atoms with Crippen LogP contribution in [0.15, 0.2) is 71.6 Å². The number of hydrogen-bond donors (Lipinski definition) is 0. The second-order valence-electron chi connectivity index (χ2n) is 7.47. The quantitative estimate of drug-likeness (QED) is 0.506. The van der Waals surface area contributed by atoms with Gasteiger partial charge in [0, 0.05) is 0 Å². The molecule has 142 valence electrons. The third-order valence-electron chi connectivity index (χ3n) is 4.43. The Morgan fingerprint density at radius 3 is 2.33 bits per heavy atom. The normalized spacial score (nSPS) is 14.2. The summed E-state index contributed by atoms with van der Waals surface area (Å²) in [5.41, 5.74) is 1.20. The Balaban J connectivity index is 1.81. The molecule has 3 rings (SSSR count). The molecule has 0 radical (unpaired) electrons. The Bertz CT molecular complexity index is 946. The van der Waals surface area contributed by atoms with E-state index in [1.54, 1.807) is 7.11 Å². The first kappa shape index (κ1) is 20.3. The first-order valence-electron chi connectivity index (χ1n) is 9.05. The predicted molar refractivity (Wildman–Crippen MR) is 116 cm³/mol. The molecule has 0 aliphatic heterocycles. The van der Waals surface area contributed by atoms with E-state index in [-0.39, 0.29) is 25.8 Å². The van der Waals surface area contributed by atoms with Gasteiger partial charge in [-0.15, -0.1) is 0 Å². The van der Waals surface area contributed by atoms with Crippen molar-refractivity contribution in [3.8, 4) is 0 Å². The van der Waals surface area contributed by atoms with Gasteiger partial charge < -0.3 is 0 Å². The Morgan fingerprint density at radius 1 is 0.963 bits per heavy atom. The van der Waals surface area contributed by atoms with Crippen molar-refractivity contribution in [2.45, 2.75) is 41.8 Å². The summed E-state index contributed by atoms with van der Waals surface area (Å²) >= 11 is 0.184. The van der Waals surface area contributed by atoms with Crippen molar-refractivity contribution in [3.05, 3.63) is 72.3 Å². The van der Waals surface area contributed by atoms with E-state index in [4.69, 9.17) is 4.74 Å². The van der Waals surface area contributed by atoms with Crippen molar-refractivity contribution in [1.29, 1.82) is 0 Å². The molecule has 3 aromatic carbocycles. The fourth-order valence-electron chi connectivity index (χ4n) is 2.93. The van der Waals surface area contributed by atoms with Crippen LogP contribution < -0.4 is 4.46 Å². The van der Waals surface area contributed by atoms with E-state index in [1.165, 1.54) is 20.8 Å². The van der Waals surface area contributed by atoms with Crippen molar-refractivity contribution >= 4 is 41.0 Å². The number of ether oxygens (including phenoxy) is 1. The van der Waals surface area contributed by atoms with Crippen molar-refractivity contribution in [1.82, 2.24) is 0 Å². The van der Waals surface area contributed by atoms with E-state index >= 15 is 0 Å². The third kappa shape index (κ3) is 4.89. The molecule has 0 N–H and O–H groups in total. The van der Waals surface area contributed by atoms with Crippen LogP contribution in [0.5, 0.6) is 0 Å². The molecule has 0 fully saturated rings. The molecular weight excluding hydrogens is 419 g/mol. The van der Waals surface area contributed by atoms with Crippen molar-refractivity contribution < 1.29 is 8.95 Å². The standard InChI is InChI=1S/C23H26O2SSe/c1-23(2,3)26(24)21-11-7-8-12-22(21)27-16-20(25-4)19-14-13-17-9-5-6-10-18(17)15-19/h5-15,20H,16H2,1-4H3. The summed E-state index contributed by atoms with van der Waals surface area (Å²) in [6.45, 7) is 6.08. The molecule has 0 heterocycles. The minimum absolute atomic E-state index is 0.0470. The Hall–Kier alpha value is -1.45. The zero-order chi connectivity index (χ0) is 19.4. The second-order valence-corrected chi connectivity index (χ2v) is 11.9. The first-order chi connectivity index (χ1) is 12.9. The molecule has 0 spiro atoms. The molecular formula is C23H26O2SSe. The summed E-state index contributed by atoms with van der Waals surface area (Å²) in [6.07, 6.45) is 0.0470. The third-order valence-corrected chi connectivity index (χ3v) is 8.97. The van der Waals surface area contributed by atoms with Crippen LogP contribution in [0.2, 0.25) is 5.32 Å². The van der Waals surface area contributed by atoms with Crippen molar-refractivity contribution in [2.24, 2.45) is 0 Å². The van der Waals surface area contributed by atoms with E-state index < -0.39 is 10.8 Å². The molecule has 0 amide bonds. The Labute approximate surface area is 170 Å². The van der Waals surface area contributed by atoms with Crippen LogP contribution in [0.3, 0.4) is 0 Å². The molecule has 0 aliphatic rings. The second kappa shape index (κ2) is 8.70. The van der Waals surface area contributed by atoms with Crippen LogP contribution in [0.25, 0.3) is 10.8 Å². The van der Waals surface area contributed by atoms with Gasteiger partial charge in [-0.2, -0.15) is 0 Å². The summed E-state index contributed by atoms with van der Waals surface area (Å²) in [6, 6.07) is 23.1. The van der Waals surface area contributed by atoms with Crippen LogP contribution >= 0.6 is 0 Å². The minimum atomic E-state index is -1.02. The topological polar surface area (TPSA) is 26.3 Å². The summed E-state index contributed by atoms with van der Waals surface area (Å²) in [5, 5.41) is 3.39. The number of methoxy groups -OCH3 is 1. The fourth-order valence-corrected chi connectivity index (χ4v) is 7.01. The molecule has 0 saturated carbocycles. The Kier molecular flexibility index (Phi) is 6.54. The van der Waals surface area contributed by atoms with Gasteiger partial charge in [0.25, 0.3) is 0 Å². The first-order valence-corrected chi connectivity index (χ1v) is 12.3. The molecule has 3 aromatic rings. The number of hydrogen-bond acceptors (Lipinski definition) is 2. The van der Waals surface area contributed by atoms with Crippen molar-refractivity contribution in [3.63, 3.8) is 0 Å². The van der Waals surface area contributed by atoms with E-state index in [0.717, 1.165) is 10.2 Å². The monoisotopic (exact) mass is 446 g/mol. The van der Waals surface area contributed by atoms with Gasteiger partial charge in [0.15, 0.2) is 0 Å². The van der Waals surface area contributed by atoms with Crippen LogP contribution in [0.4, 0.5) is 0 Å². The molecule has 0 saturated heterocycles. The number of benzene rings is 3. The van der Waals surface area contributed by atoms with E-state index in [2.05, 4.69) is 48.5 Å². The van der Waals surface area contributed by atoms with Crippen LogP contribution in [0, 0.1) is 0 Å². The van der Waals surface area contributed by atoms with Gasteiger partial charge in [0.2, 0.25) is 0 Å². The molecule has 0 aromatic heterocycles. The van der Waals surface area contributed by atoms with Gasteiger partial charge in [-0.1, -0.05) is 0 Å². The van der Waals surface area contributed by atoms with Gasteiger partial charge in [0.1, 0.15) is 0 Å². The summed E-state index contributed by atoms with van der Waals surface area (Å²) < 4.78 is 19.7. The van der Waals surface area contributed by atoms with Gasteiger partial charge in [0.05, 0.1) is 0 Å². The molecule has 27 heavy (non-hydrogen) atoms. The van der Waals surface area contributed by atoms with Gasteiger partial charge in [-0.3, -0.25) is 0 Å². The average Bonchev–Trinajstić information content (AvgIpc) is 2.67. The maximum atomic E-state index is 12.9. The predicted octanol–water partition coefficient (Wildman–Crippen LogP) is 4.88. The van der Waals surface area contributed by atoms with Gasteiger partial charge in [-0.25, -0.2) is 0 Å². The average molecular weight is 445 g/mol. The van der Waals surface area contributed by atoms with Crippen LogP contribution in [-0.2, 0) is 15.5 Å². The fraction of sp³-hybridized carbons (Fsp3) is 0.304. The zero-order valence-electron chi connectivity index (χ0n) is 16.3.